The number of amides is 1. The van der Waals surface area contributed by atoms with Crippen LogP contribution in [-0.4, -0.2) is 31.8 Å². The number of carbonyl (C=O) groups is 1. The monoisotopic (exact) mass is 600 g/mol. The maximum absolute atomic E-state index is 15.3. The minimum absolute atomic E-state index is 0.102. The topological polar surface area (TPSA) is 116 Å². The van der Waals surface area contributed by atoms with Gasteiger partial charge in [0.1, 0.15) is 0 Å². The largest absolute Gasteiger partial charge is 0.404 e. The normalized spacial score (nSPS) is 12.6. The number of hydrogen-bond donors (Lipinski definition) is 1. The van der Waals surface area contributed by atoms with Crippen molar-refractivity contribution >= 4 is 35.1 Å². The van der Waals surface area contributed by atoms with Crippen molar-refractivity contribution < 1.29 is 35.6 Å². The number of sulfonamides is 1. The smallest absolute Gasteiger partial charge is 0.366 e. The van der Waals surface area contributed by atoms with E-state index in [9.17, 15) is 17.8 Å². The lowest BCUT2D eigenvalue weighted by atomic mass is 10.1. The van der Waals surface area contributed by atoms with Crippen LogP contribution in [0.15, 0.2) is 77.7 Å². The highest BCUT2D eigenvalue weighted by Crippen LogP contribution is 2.67. The number of hydrogen-bond acceptors (Lipinski definition) is 6. The highest BCUT2D eigenvalue weighted by molar-refractivity contribution is 7.89. The summed E-state index contributed by atoms with van der Waals surface area (Å²) in [5.74, 6) is -0.920. The summed E-state index contributed by atoms with van der Waals surface area (Å²) in [6.45, 7) is 1.87. The molecule has 13 heteroatoms. The molecule has 0 aliphatic rings. The van der Waals surface area contributed by atoms with Crippen LogP contribution in [0.3, 0.4) is 0 Å². The zero-order valence-electron chi connectivity index (χ0n) is 21.2. The molecule has 0 heterocycles. The van der Waals surface area contributed by atoms with Crippen LogP contribution in [0.4, 0.5) is 8.78 Å². The van der Waals surface area contributed by atoms with Crippen molar-refractivity contribution in [2.75, 3.05) is 13.2 Å². The first kappa shape index (κ1) is 30.9. The first-order chi connectivity index (χ1) is 18.4. The molecule has 0 atom stereocenters. The molecule has 39 heavy (non-hydrogen) atoms. The second-order valence-electron chi connectivity index (χ2n) is 8.31. The van der Waals surface area contributed by atoms with Gasteiger partial charge in [0, 0.05) is 13.1 Å². The first-order valence-electron chi connectivity index (χ1n) is 11.9. The van der Waals surface area contributed by atoms with Gasteiger partial charge in [0.15, 0.2) is 0 Å². The summed E-state index contributed by atoms with van der Waals surface area (Å²) < 4.78 is 81.7. The minimum Gasteiger partial charge on any atom is -0.366 e. The molecule has 0 unspecified atom stereocenters. The lowest BCUT2D eigenvalue weighted by Crippen LogP contribution is -2.32. The molecule has 0 aliphatic carbocycles. The van der Waals surface area contributed by atoms with E-state index in [1.807, 2.05) is 0 Å². The number of carbonyl (C=O) groups excluding carboxylic acids is 1. The quantitative estimate of drug-likeness (QED) is 0.235. The van der Waals surface area contributed by atoms with Crippen molar-refractivity contribution in [1.82, 2.24) is 4.31 Å². The Balaban J connectivity index is 2.05. The second-order valence-corrected chi connectivity index (χ2v) is 12.7. The lowest BCUT2D eigenvalue weighted by molar-refractivity contribution is 0.0361. The average molecular weight is 601 g/mol. The summed E-state index contributed by atoms with van der Waals surface area (Å²) in [6.07, 6.45) is 0. The van der Waals surface area contributed by atoms with Gasteiger partial charge in [0.2, 0.25) is 15.9 Å². The Kier molecular flexibility index (Phi) is 10.0. The SMILES string of the molecule is CCOP(=O)(OCC)C(F)(F)c1ccc(CN(Cc2ccccc2)S(=O)(=O)c2ccccc2C(N)=O)cc1Cl. The van der Waals surface area contributed by atoms with E-state index in [1.165, 1.54) is 50.2 Å². The highest BCUT2D eigenvalue weighted by atomic mass is 35.5. The zero-order chi connectivity index (χ0) is 28.8. The van der Waals surface area contributed by atoms with Crippen LogP contribution < -0.4 is 5.73 Å². The molecule has 0 spiro atoms. The van der Waals surface area contributed by atoms with Crippen LogP contribution in [0.1, 0.15) is 40.9 Å². The summed E-state index contributed by atoms with van der Waals surface area (Å²) >= 11 is 6.22. The standard InChI is InChI=1S/C26H28ClF2N2O6PS/c1-3-36-38(33,37-4-2)26(28,29)22-15-14-20(16-23(22)27)18-31(17-19-10-6-5-7-11-19)39(34,35)24-13-9-8-12-21(24)25(30)32/h5-16H,3-4,17-18H2,1-2H3,(H2,30,32). The van der Waals surface area contributed by atoms with E-state index < -0.39 is 39.8 Å². The van der Waals surface area contributed by atoms with Crippen molar-refractivity contribution in [3.8, 4) is 0 Å². The fourth-order valence-corrected chi connectivity index (χ4v) is 7.41. The van der Waals surface area contributed by atoms with Gasteiger partial charge in [-0.2, -0.15) is 13.1 Å². The van der Waals surface area contributed by atoms with E-state index in [0.29, 0.717) is 5.56 Å². The van der Waals surface area contributed by atoms with E-state index in [2.05, 4.69) is 0 Å². The predicted molar refractivity (Wildman–Crippen MR) is 144 cm³/mol. The molecule has 0 saturated heterocycles. The summed E-state index contributed by atoms with van der Waals surface area (Å²) in [7, 11) is -9.21. The van der Waals surface area contributed by atoms with E-state index in [4.69, 9.17) is 26.4 Å². The molecule has 0 saturated carbocycles. The van der Waals surface area contributed by atoms with Gasteiger partial charge in [-0.05, 0) is 43.2 Å². The maximum atomic E-state index is 15.3. The Morgan fingerprint density at radius 2 is 1.51 bits per heavy atom. The third-order valence-corrected chi connectivity index (χ3v) is 9.92. The molecule has 8 nitrogen and oxygen atoms in total. The highest BCUT2D eigenvalue weighted by Gasteiger charge is 2.55. The van der Waals surface area contributed by atoms with Crippen LogP contribution in [0, 0.1) is 0 Å². The van der Waals surface area contributed by atoms with Gasteiger partial charge in [-0.3, -0.25) is 9.36 Å². The molecule has 0 bridgehead atoms. The fourth-order valence-electron chi connectivity index (χ4n) is 3.84. The van der Waals surface area contributed by atoms with Crippen molar-refractivity contribution in [3.63, 3.8) is 0 Å². The molecule has 0 aromatic heterocycles. The number of benzene rings is 3. The van der Waals surface area contributed by atoms with Crippen LogP contribution >= 0.6 is 19.2 Å². The molecular weight excluding hydrogens is 573 g/mol. The van der Waals surface area contributed by atoms with E-state index in [0.717, 1.165) is 10.4 Å². The molecule has 0 aliphatic heterocycles. The Hall–Kier alpha value is -2.66. The number of nitrogens with zero attached hydrogens (tertiary/aromatic N) is 1. The van der Waals surface area contributed by atoms with Gasteiger partial charge in [0.05, 0.1) is 34.3 Å². The summed E-state index contributed by atoms with van der Waals surface area (Å²) in [5, 5.41) is -0.452. The molecule has 3 rings (SSSR count). The van der Waals surface area contributed by atoms with Crippen molar-refractivity contribution in [3.05, 3.63) is 100 Å². The van der Waals surface area contributed by atoms with Gasteiger partial charge < -0.3 is 14.8 Å². The van der Waals surface area contributed by atoms with Crippen LogP contribution in [0.5, 0.6) is 0 Å². The number of halogens is 3. The summed E-state index contributed by atoms with van der Waals surface area (Å²) in [5.41, 5.74) is 1.28. The Morgan fingerprint density at radius 3 is 2.08 bits per heavy atom. The molecule has 0 fully saturated rings. The van der Waals surface area contributed by atoms with Crippen molar-refractivity contribution in [1.29, 1.82) is 0 Å². The minimum atomic E-state index is -4.91. The number of primary amides is 1. The lowest BCUT2D eigenvalue weighted by Gasteiger charge is -2.27. The molecule has 3 aromatic rings. The fraction of sp³-hybridized carbons (Fsp3) is 0.269. The van der Waals surface area contributed by atoms with E-state index in [-0.39, 0.29) is 42.3 Å². The molecule has 210 valence electrons. The average Bonchev–Trinajstić information content (AvgIpc) is 2.89. The van der Waals surface area contributed by atoms with Gasteiger partial charge in [-0.1, -0.05) is 66.2 Å². The predicted octanol–water partition coefficient (Wildman–Crippen LogP) is 6.15. The summed E-state index contributed by atoms with van der Waals surface area (Å²) in [4.78, 5) is 11.7. The maximum Gasteiger partial charge on any atom is 0.404 e. The molecule has 2 N–H and O–H groups in total. The van der Waals surface area contributed by atoms with Gasteiger partial charge >= 0.3 is 13.3 Å². The van der Waals surface area contributed by atoms with Gasteiger partial charge in [-0.25, -0.2) is 8.42 Å². The third-order valence-electron chi connectivity index (χ3n) is 5.63. The van der Waals surface area contributed by atoms with E-state index >= 15 is 8.78 Å². The van der Waals surface area contributed by atoms with Crippen LogP contribution in [0.2, 0.25) is 5.02 Å². The summed E-state index contributed by atoms with van der Waals surface area (Å²) in [6, 6.07) is 17.6. The van der Waals surface area contributed by atoms with E-state index in [1.54, 1.807) is 30.3 Å². The first-order valence-corrected chi connectivity index (χ1v) is 15.2. The van der Waals surface area contributed by atoms with Crippen LogP contribution in [0.25, 0.3) is 0 Å². The molecule has 3 aromatic carbocycles. The Bertz CT molecular complexity index is 1460. The number of alkyl halides is 2. The Morgan fingerprint density at radius 1 is 0.949 bits per heavy atom. The van der Waals surface area contributed by atoms with Gasteiger partial charge in [0.25, 0.3) is 0 Å². The Labute approximate surface area is 231 Å². The molecule has 1 amide bonds. The van der Waals surface area contributed by atoms with Gasteiger partial charge in [-0.15, -0.1) is 0 Å². The molecular formula is C26H28ClF2N2O6PS. The zero-order valence-corrected chi connectivity index (χ0v) is 23.7. The second kappa shape index (κ2) is 12.7. The number of nitrogens with two attached hydrogens (primary N) is 1. The van der Waals surface area contributed by atoms with Crippen LogP contribution in [-0.2, 0) is 42.4 Å². The molecule has 0 radical (unpaired) electrons. The van der Waals surface area contributed by atoms with Crippen molar-refractivity contribution in [2.24, 2.45) is 5.73 Å². The third kappa shape index (κ3) is 6.74. The van der Waals surface area contributed by atoms with Crippen molar-refractivity contribution in [2.45, 2.75) is 37.5 Å². The number of rotatable bonds is 13.